The predicted molar refractivity (Wildman–Crippen MR) is 122 cm³/mol. The van der Waals surface area contributed by atoms with E-state index >= 15 is 0 Å². The molecule has 6 rings (SSSR count). The Morgan fingerprint density at radius 3 is 2.29 bits per heavy atom. The number of benzene rings is 1. The smallest absolute Gasteiger partial charge is 0.331 e. The molecule has 1 aromatic rings. The van der Waals surface area contributed by atoms with Crippen LogP contribution in [0.15, 0.2) is 36.4 Å². The number of fused-ring (bicyclic) bond motifs is 1. The summed E-state index contributed by atoms with van der Waals surface area (Å²) in [6, 6.07) is 9.69. The van der Waals surface area contributed by atoms with E-state index in [-0.39, 0.29) is 6.10 Å². The molecule has 5 atom stereocenters. The maximum atomic E-state index is 12.9. The van der Waals surface area contributed by atoms with Gasteiger partial charge in [-0.25, -0.2) is 4.79 Å². The fourth-order valence-corrected chi connectivity index (χ4v) is 6.11. The minimum absolute atomic E-state index is 0.325. The second-order valence-electron chi connectivity index (χ2n) is 10.2. The average Bonchev–Trinajstić information content (AvgIpc) is 3.52. The van der Waals surface area contributed by atoms with Crippen molar-refractivity contribution >= 4 is 12.0 Å². The summed E-state index contributed by atoms with van der Waals surface area (Å²) in [6.45, 7) is 0.420. The van der Waals surface area contributed by atoms with Crippen LogP contribution in [0.2, 0.25) is 0 Å². The van der Waals surface area contributed by atoms with E-state index < -0.39 is 42.1 Å². The zero-order valence-electron chi connectivity index (χ0n) is 19.6. The Balaban J connectivity index is 1.19. The molecule has 2 aliphatic carbocycles. The van der Waals surface area contributed by atoms with Crippen molar-refractivity contribution in [2.45, 2.75) is 106 Å². The molecule has 34 heavy (non-hydrogen) atoms. The van der Waals surface area contributed by atoms with Gasteiger partial charge in [-0.1, -0.05) is 43.2 Å². The molecule has 5 fully saturated rings. The van der Waals surface area contributed by atoms with Gasteiger partial charge in [-0.05, 0) is 37.3 Å². The van der Waals surface area contributed by atoms with Crippen LogP contribution in [0, 0.1) is 0 Å². The van der Waals surface area contributed by atoms with Crippen LogP contribution in [0.25, 0.3) is 6.08 Å². The molecule has 7 heteroatoms. The molecule has 3 heterocycles. The van der Waals surface area contributed by atoms with Gasteiger partial charge >= 0.3 is 5.97 Å². The van der Waals surface area contributed by atoms with E-state index in [2.05, 4.69) is 0 Å². The lowest BCUT2D eigenvalue weighted by Gasteiger charge is -2.35. The molecule has 0 unspecified atom stereocenters. The molecular formula is C27H34O7. The van der Waals surface area contributed by atoms with Crippen LogP contribution in [0.4, 0.5) is 0 Å². The van der Waals surface area contributed by atoms with Gasteiger partial charge in [0.05, 0.1) is 6.61 Å². The summed E-state index contributed by atoms with van der Waals surface area (Å²) < 4.78 is 37.8. The monoisotopic (exact) mass is 470 g/mol. The van der Waals surface area contributed by atoms with Crippen molar-refractivity contribution in [1.82, 2.24) is 0 Å². The molecule has 2 saturated carbocycles. The zero-order valence-corrected chi connectivity index (χ0v) is 19.6. The van der Waals surface area contributed by atoms with Gasteiger partial charge < -0.3 is 28.4 Å². The van der Waals surface area contributed by atoms with Crippen molar-refractivity contribution in [3.8, 4) is 0 Å². The van der Waals surface area contributed by atoms with Crippen LogP contribution < -0.4 is 0 Å². The number of hydrogen-bond acceptors (Lipinski definition) is 7. The second-order valence-corrected chi connectivity index (χ2v) is 10.2. The van der Waals surface area contributed by atoms with Crippen molar-refractivity contribution in [3.05, 3.63) is 42.0 Å². The lowest BCUT2D eigenvalue weighted by molar-refractivity contribution is -0.261. The van der Waals surface area contributed by atoms with E-state index in [0.717, 1.165) is 56.9 Å². The van der Waals surface area contributed by atoms with E-state index in [1.165, 1.54) is 18.9 Å². The van der Waals surface area contributed by atoms with E-state index in [4.69, 9.17) is 28.4 Å². The number of carbonyl (C=O) groups excluding carboxylic acids is 1. The Morgan fingerprint density at radius 1 is 0.853 bits per heavy atom. The first-order valence-electron chi connectivity index (χ1n) is 12.9. The fourth-order valence-electron chi connectivity index (χ4n) is 6.11. The van der Waals surface area contributed by atoms with Gasteiger partial charge in [-0.2, -0.15) is 0 Å². The predicted octanol–water partition coefficient (Wildman–Crippen LogP) is 4.49. The molecule has 184 valence electrons. The molecule has 3 aliphatic heterocycles. The maximum Gasteiger partial charge on any atom is 0.331 e. The molecule has 0 N–H and O–H groups in total. The van der Waals surface area contributed by atoms with Crippen LogP contribution in [0.3, 0.4) is 0 Å². The molecule has 3 saturated heterocycles. The number of esters is 1. The van der Waals surface area contributed by atoms with Gasteiger partial charge in [0, 0.05) is 31.8 Å². The lowest BCUT2D eigenvalue weighted by Crippen LogP contribution is -2.46. The first-order valence-corrected chi connectivity index (χ1v) is 12.9. The first kappa shape index (κ1) is 22.7. The van der Waals surface area contributed by atoms with Crippen molar-refractivity contribution in [3.63, 3.8) is 0 Å². The number of rotatable bonds is 4. The highest BCUT2D eigenvalue weighted by atomic mass is 16.9. The average molecular weight is 471 g/mol. The van der Waals surface area contributed by atoms with Crippen molar-refractivity contribution in [2.24, 2.45) is 0 Å². The summed E-state index contributed by atoms with van der Waals surface area (Å²) >= 11 is 0. The largest absolute Gasteiger partial charge is 0.453 e. The highest BCUT2D eigenvalue weighted by molar-refractivity contribution is 5.87. The first-order chi connectivity index (χ1) is 16.6. The van der Waals surface area contributed by atoms with Crippen LogP contribution in [-0.4, -0.2) is 54.9 Å². The Labute approximate surface area is 200 Å². The topological polar surface area (TPSA) is 72.5 Å². The van der Waals surface area contributed by atoms with Gasteiger partial charge in [0.25, 0.3) is 0 Å². The molecular weight excluding hydrogens is 436 g/mol. The van der Waals surface area contributed by atoms with E-state index in [0.29, 0.717) is 6.61 Å². The summed E-state index contributed by atoms with van der Waals surface area (Å²) in [5.74, 6) is -1.58. The highest BCUT2D eigenvalue weighted by Gasteiger charge is 2.62. The van der Waals surface area contributed by atoms with E-state index in [9.17, 15) is 4.79 Å². The fraction of sp³-hybridized carbons (Fsp3) is 0.667. The second kappa shape index (κ2) is 9.36. The number of ether oxygens (including phenoxy) is 6. The van der Waals surface area contributed by atoms with Crippen LogP contribution >= 0.6 is 0 Å². The highest BCUT2D eigenvalue weighted by Crippen LogP contribution is 2.48. The third-order valence-electron chi connectivity index (χ3n) is 7.83. The minimum atomic E-state index is -0.624. The van der Waals surface area contributed by atoms with Gasteiger partial charge in [0.1, 0.15) is 12.2 Å². The standard InChI is InChI=1S/C27H34O7/c28-21(13-12-19-10-4-1-5-11-19)30-23-22(20-18-29-26(32-20)14-6-2-7-15-26)31-25-24(23)33-27(34-25)16-8-3-9-17-27/h1,4-5,10-13,20,22-25H,2-3,6-9,14-18H2/b13-12+/t20-,22+,23-,24+,25-/m0/s1. The van der Waals surface area contributed by atoms with Gasteiger partial charge in [0.2, 0.25) is 0 Å². The number of hydrogen-bond donors (Lipinski definition) is 0. The molecule has 5 aliphatic rings. The van der Waals surface area contributed by atoms with Gasteiger partial charge in [-0.15, -0.1) is 0 Å². The zero-order chi connectivity index (χ0) is 23.0. The van der Waals surface area contributed by atoms with Crippen LogP contribution in [0.5, 0.6) is 0 Å². The van der Waals surface area contributed by atoms with Gasteiger partial charge in [-0.3, -0.25) is 0 Å². The van der Waals surface area contributed by atoms with Crippen LogP contribution in [0.1, 0.15) is 69.8 Å². The van der Waals surface area contributed by atoms with Crippen molar-refractivity contribution in [2.75, 3.05) is 6.61 Å². The molecule has 0 radical (unpaired) electrons. The molecule has 0 bridgehead atoms. The lowest BCUT2D eigenvalue weighted by atomic mass is 9.94. The summed E-state index contributed by atoms with van der Waals surface area (Å²) in [7, 11) is 0. The molecule has 0 amide bonds. The summed E-state index contributed by atoms with van der Waals surface area (Å²) in [6.07, 6.45) is 10.9. The maximum absolute atomic E-state index is 12.9. The summed E-state index contributed by atoms with van der Waals surface area (Å²) in [5.41, 5.74) is 0.935. The van der Waals surface area contributed by atoms with Crippen molar-refractivity contribution in [1.29, 1.82) is 0 Å². The third kappa shape index (κ3) is 4.44. The summed E-state index contributed by atoms with van der Waals surface area (Å²) in [4.78, 5) is 12.9. The normalized spacial score (nSPS) is 36.3. The number of carbonyl (C=O) groups is 1. The Morgan fingerprint density at radius 2 is 1.56 bits per heavy atom. The molecule has 2 spiro atoms. The summed E-state index contributed by atoms with van der Waals surface area (Å²) in [5, 5.41) is 0. The third-order valence-corrected chi connectivity index (χ3v) is 7.83. The van der Waals surface area contributed by atoms with Gasteiger partial charge in [0.15, 0.2) is 30.1 Å². The Bertz CT molecular complexity index is 887. The Hall–Kier alpha value is -1.77. The van der Waals surface area contributed by atoms with E-state index in [1.807, 2.05) is 30.3 Å². The molecule has 1 aromatic carbocycles. The minimum Gasteiger partial charge on any atom is -0.453 e. The van der Waals surface area contributed by atoms with Crippen molar-refractivity contribution < 1.29 is 33.2 Å². The Kier molecular flexibility index (Phi) is 6.24. The SMILES string of the molecule is O=C(/C=C/c1ccccc1)O[C@@H]1[C@H]2OC3(CCCCC3)O[C@@H]2O[C@@H]1[C@@H]1COC2(CCCCC2)O1. The van der Waals surface area contributed by atoms with E-state index in [1.54, 1.807) is 6.08 Å². The quantitative estimate of drug-likeness (QED) is 0.474. The molecule has 7 nitrogen and oxygen atoms in total. The van der Waals surface area contributed by atoms with Crippen LogP contribution in [-0.2, 0) is 33.2 Å². The molecule has 0 aromatic heterocycles.